The van der Waals surface area contributed by atoms with E-state index in [0.717, 1.165) is 12.8 Å². The zero-order chi connectivity index (χ0) is 14.2. The second-order valence-electron chi connectivity index (χ2n) is 5.95. The van der Waals surface area contributed by atoms with Crippen LogP contribution in [0.3, 0.4) is 0 Å². The van der Waals surface area contributed by atoms with Gasteiger partial charge in [0.2, 0.25) is 0 Å². The van der Waals surface area contributed by atoms with E-state index in [1.54, 1.807) is 0 Å². The monoisotopic (exact) mass is 270 g/mol. The Balaban J connectivity index is 1.82. The van der Waals surface area contributed by atoms with Crippen LogP contribution in [-0.4, -0.2) is 0 Å². The molecule has 4 rings (SSSR count). The Hall–Kier alpha value is -2.34. The third-order valence-corrected chi connectivity index (χ3v) is 4.39. The van der Waals surface area contributed by atoms with Gasteiger partial charge in [-0.25, -0.2) is 0 Å². The van der Waals surface area contributed by atoms with Gasteiger partial charge in [0.15, 0.2) is 0 Å². The van der Waals surface area contributed by atoms with Crippen LogP contribution in [-0.2, 0) is 12.8 Å². The molecule has 1 aliphatic carbocycles. The molecule has 0 radical (unpaired) electrons. The van der Waals surface area contributed by atoms with Crippen LogP contribution in [0.5, 0.6) is 0 Å². The van der Waals surface area contributed by atoms with E-state index in [4.69, 9.17) is 0 Å². The summed E-state index contributed by atoms with van der Waals surface area (Å²) >= 11 is 0. The van der Waals surface area contributed by atoms with Crippen molar-refractivity contribution >= 4 is 0 Å². The highest BCUT2D eigenvalue weighted by Gasteiger charge is 2.20. The highest BCUT2D eigenvalue weighted by molar-refractivity contribution is 5.80. The summed E-state index contributed by atoms with van der Waals surface area (Å²) < 4.78 is 0. The predicted molar refractivity (Wildman–Crippen MR) is 88.7 cm³/mol. The molecule has 0 spiro atoms. The minimum atomic E-state index is 1.01. The van der Waals surface area contributed by atoms with Crippen molar-refractivity contribution in [2.24, 2.45) is 0 Å². The maximum atomic E-state index is 2.33. The number of benzene rings is 3. The molecule has 0 heterocycles. The van der Waals surface area contributed by atoms with E-state index in [1.165, 1.54) is 38.9 Å². The molecule has 0 N–H and O–H groups in total. The van der Waals surface area contributed by atoms with Crippen LogP contribution < -0.4 is 0 Å². The maximum absolute atomic E-state index is 2.33. The molecule has 0 nitrogen and oxygen atoms in total. The summed E-state index contributed by atoms with van der Waals surface area (Å²) in [5.41, 5.74) is 10.0. The lowest BCUT2D eigenvalue weighted by atomic mass is 9.94. The van der Waals surface area contributed by atoms with Crippen LogP contribution in [0.25, 0.3) is 11.1 Å². The van der Waals surface area contributed by atoms with Gasteiger partial charge in [-0.05, 0) is 53.1 Å². The zero-order valence-corrected chi connectivity index (χ0v) is 12.3. The number of fused-ring (bicyclic) bond motifs is 3. The summed E-state index contributed by atoms with van der Waals surface area (Å²) in [5.74, 6) is 0. The first kappa shape index (κ1) is 12.4. The van der Waals surface area contributed by atoms with Gasteiger partial charge in [-0.2, -0.15) is 0 Å². The Kier molecular flexibility index (Phi) is 2.89. The van der Waals surface area contributed by atoms with Crippen molar-refractivity contribution < 1.29 is 0 Å². The first-order valence-corrected chi connectivity index (χ1v) is 7.56. The normalized spacial score (nSPS) is 12.0. The largest absolute Gasteiger partial charge is 0.0622 e. The summed E-state index contributed by atoms with van der Waals surface area (Å²) in [6.07, 6.45) is 2.09. The van der Waals surface area contributed by atoms with Gasteiger partial charge in [-0.3, -0.25) is 0 Å². The van der Waals surface area contributed by atoms with E-state index in [-0.39, 0.29) is 0 Å². The second-order valence-corrected chi connectivity index (χ2v) is 5.95. The number of aryl methyl sites for hydroxylation is 1. The molecule has 3 aromatic rings. The molecular formula is C21H18. The topological polar surface area (TPSA) is 0 Å². The molecule has 0 atom stereocenters. The second kappa shape index (κ2) is 4.89. The molecule has 0 bridgehead atoms. The molecule has 0 aliphatic heterocycles. The molecule has 0 fully saturated rings. The molecule has 0 saturated carbocycles. The van der Waals surface area contributed by atoms with Crippen molar-refractivity contribution in [1.29, 1.82) is 0 Å². The van der Waals surface area contributed by atoms with Crippen LogP contribution in [0.4, 0.5) is 0 Å². The first-order chi connectivity index (χ1) is 10.3. The summed E-state index contributed by atoms with van der Waals surface area (Å²) in [5, 5.41) is 0. The fourth-order valence-corrected chi connectivity index (χ4v) is 3.43. The van der Waals surface area contributed by atoms with Gasteiger partial charge < -0.3 is 0 Å². The Bertz CT molecular complexity index is 798. The van der Waals surface area contributed by atoms with Gasteiger partial charge >= 0.3 is 0 Å². The quantitative estimate of drug-likeness (QED) is 0.472. The third-order valence-electron chi connectivity index (χ3n) is 4.39. The van der Waals surface area contributed by atoms with E-state index in [2.05, 4.69) is 73.7 Å². The number of rotatable bonds is 2. The van der Waals surface area contributed by atoms with E-state index < -0.39 is 0 Å². The first-order valence-electron chi connectivity index (χ1n) is 7.56. The molecule has 1 aliphatic rings. The van der Waals surface area contributed by atoms with Gasteiger partial charge in [0.05, 0.1) is 0 Å². The van der Waals surface area contributed by atoms with Gasteiger partial charge in [0.1, 0.15) is 0 Å². The summed E-state index contributed by atoms with van der Waals surface area (Å²) in [4.78, 5) is 0. The molecule has 0 heteroatoms. The average Bonchev–Trinajstić information content (AvgIpc) is 2.86. The minimum Gasteiger partial charge on any atom is -0.0622 e. The van der Waals surface area contributed by atoms with E-state index >= 15 is 0 Å². The van der Waals surface area contributed by atoms with Crippen molar-refractivity contribution in [3.8, 4) is 11.1 Å². The van der Waals surface area contributed by atoms with Crippen LogP contribution in [0.2, 0.25) is 0 Å². The molecule has 0 amide bonds. The van der Waals surface area contributed by atoms with Gasteiger partial charge in [-0.15, -0.1) is 0 Å². The Morgan fingerprint density at radius 3 is 2.52 bits per heavy atom. The number of hydrogen-bond donors (Lipinski definition) is 0. The standard InChI is InChI=1S/C21H18/c1-15-10-11-20-19(12-15)14-18-9-5-8-17(21(18)20)13-16-6-3-2-4-7-16/h2-12H,13-14H2,1H3. The summed E-state index contributed by atoms with van der Waals surface area (Å²) in [7, 11) is 0. The Labute approximate surface area is 126 Å². The zero-order valence-electron chi connectivity index (χ0n) is 12.3. The minimum absolute atomic E-state index is 1.01. The molecular weight excluding hydrogens is 252 g/mol. The van der Waals surface area contributed by atoms with Gasteiger partial charge in [0.25, 0.3) is 0 Å². The van der Waals surface area contributed by atoms with Crippen molar-refractivity contribution in [3.63, 3.8) is 0 Å². The lowest BCUT2D eigenvalue weighted by Crippen LogP contribution is -1.92. The highest BCUT2D eigenvalue weighted by Crippen LogP contribution is 2.39. The summed E-state index contributed by atoms with van der Waals surface area (Å²) in [6, 6.07) is 24.4. The summed E-state index contributed by atoms with van der Waals surface area (Å²) in [6.45, 7) is 2.17. The number of hydrogen-bond acceptors (Lipinski definition) is 0. The van der Waals surface area contributed by atoms with E-state index in [1.807, 2.05) is 0 Å². The average molecular weight is 270 g/mol. The van der Waals surface area contributed by atoms with Gasteiger partial charge in [-0.1, -0.05) is 72.3 Å². The molecule has 0 unspecified atom stereocenters. The van der Waals surface area contributed by atoms with Gasteiger partial charge in [0, 0.05) is 0 Å². The van der Waals surface area contributed by atoms with Crippen LogP contribution in [0.1, 0.15) is 27.8 Å². The fraction of sp³-hybridized carbons (Fsp3) is 0.143. The molecule has 102 valence electrons. The Morgan fingerprint density at radius 2 is 1.67 bits per heavy atom. The molecule has 3 aromatic carbocycles. The molecule has 0 aromatic heterocycles. The lowest BCUT2D eigenvalue weighted by molar-refractivity contribution is 1.18. The fourth-order valence-electron chi connectivity index (χ4n) is 3.43. The van der Waals surface area contributed by atoms with Crippen LogP contribution in [0, 0.1) is 6.92 Å². The maximum Gasteiger partial charge on any atom is -0.00132 e. The third kappa shape index (κ3) is 2.17. The predicted octanol–water partition coefficient (Wildman–Crippen LogP) is 5.16. The Morgan fingerprint density at radius 1 is 0.810 bits per heavy atom. The van der Waals surface area contributed by atoms with E-state index in [0.29, 0.717) is 0 Å². The highest BCUT2D eigenvalue weighted by atomic mass is 14.2. The molecule has 21 heavy (non-hydrogen) atoms. The van der Waals surface area contributed by atoms with Crippen LogP contribution >= 0.6 is 0 Å². The van der Waals surface area contributed by atoms with Crippen molar-refractivity contribution in [2.75, 3.05) is 0 Å². The van der Waals surface area contributed by atoms with Crippen molar-refractivity contribution in [2.45, 2.75) is 19.8 Å². The van der Waals surface area contributed by atoms with Crippen LogP contribution in [0.15, 0.2) is 66.7 Å². The van der Waals surface area contributed by atoms with Crippen molar-refractivity contribution in [3.05, 3.63) is 94.5 Å². The van der Waals surface area contributed by atoms with Crippen molar-refractivity contribution in [1.82, 2.24) is 0 Å². The lowest BCUT2D eigenvalue weighted by Gasteiger charge is -2.10. The smallest absolute Gasteiger partial charge is 0.00132 e. The van der Waals surface area contributed by atoms with E-state index in [9.17, 15) is 0 Å². The SMILES string of the molecule is Cc1ccc2c(c1)Cc1cccc(Cc3ccccc3)c1-2. The molecule has 0 saturated heterocycles.